The topological polar surface area (TPSA) is 76.7 Å². The van der Waals surface area contributed by atoms with E-state index in [1.807, 2.05) is 6.92 Å². The molecule has 6 nitrogen and oxygen atoms in total. The summed E-state index contributed by atoms with van der Waals surface area (Å²) in [5.74, 6) is 0.667. The summed E-state index contributed by atoms with van der Waals surface area (Å²) in [5, 5.41) is 3.16. The molecular weight excluding hydrogens is 292 g/mol. The molecule has 1 rings (SSSR count). The fourth-order valence-electron chi connectivity index (χ4n) is 1.94. The first kappa shape index (κ1) is 17.9. The molecule has 7 heteroatoms. The molecule has 0 saturated carbocycles. The van der Waals surface area contributed by atoms with Gasteiger partial charge in [0.15, 0.2) is 0 Å². The Morgan fingerprint density at radius 1 is 1.29 bits per heavy atom. The summed E-state index contributed by atoms with van der Waals surface area (Å²) in [5.41, 5.74) is 0.807. The molecule has 120 valence electrons. The molecule has 0 saturated heterocycles. The smallest absolute Gasteiger partial charge is 0.240 e. The van der Waals surface area contributed by atoms with Gasteiger partial charge in [-0.25, -0.2) is 13.1 Å². The second-order valence-corrected chi connectivity index (χ2v) is 6.45. The number of benzene rings is 1. The number of hydrogen-bond acceptors (Lipinski definition) is 5. The van der Waals surface area contributed by atoms with Crippen LogP contribution in [0, 0.1) is 0 Å². The van der Waals surface area contributed by atoms with Crippen LogP contribution in [0.15, 0.2) is 23.1 Å². The summed E-state index contributed by atoms with van der Waals surface area (Å²) in [7, 11) is -0.466. The van der Waals surface area contributed by atoms with E-state index in [1.165, 1.54) is 13.2 Å². The molecular formula is C14H24N2O4S. The van der Waals surface area contributed by atoms with Crippen LogP contribution in [0.25, 0.3) is 0 Å². The summed E-state index contributed by atoms with van der Waals surface area (Å²) in [6, 6.07) is 4.54. The predicted octanol–water partition coefficient (Wildman–Crippen LogP) is 1.12. The fraction of sp³-hybridized carbons (Fsp3) is 0.571. The summed E-state index contributed by atoms with van der Waals surface area (Å²) in [6.45, 7) is 5.41. The summed E-state index contributed by atoms with van der Waals surface area (Å²) < 4.78 is 37.4. The van der Waals surface area contributed by atoms with Crippen molar-refractivity contribution in [3.63, 3.8) is 0 Å². The Bertz CT molecular complexity index is 546. The van der Waals surface area contributed by atoms with Crippen LogP contribution in [0.2, 0.25) is 0 Å². The highest BCUT2D eigenvalue weighted by molar-refractivity contribution is 7.89. The van der Waals surface area contributed by atoms with Crippen molar-refractivity contribution in [3.05, 3.63) is 23.8 Å². The zero-order valence-electron chi connectivity index (χ0n) is 13.0. The van der Waals surface area contributed by atoms with Gasteiger partial charge >= 0.3 is 0 Å². The van der Waals surface area contributed by atoms with Crippen molar-refractivity contribution in [2.24, 2.45) is 0 Å². The summed E-state index contributed by atoms with van der Waals surface area (Å²) >= 11 is 0. The zero-order chi connectivity index (χ0) is 15.9. The third kappa shape index (κ3) is 5.28. The van der Waals surface area contributed by atoms with Gasteiger partial charge in [0, 0.05) is 25.3 Å². The van der Waals surface area contributed by atoms with Gasteiger partial charge in [-0.15, -0.1) is 0 Å². The number of sulfonamides is 1. The number of hydrogen-bond donors (Lipinski definition) is 2. The maximum absolute atomic E-state index is 12.3. The second-order valence-electron chi connectivity index (χ2n) is 4.73. The Hall–Kier alpha value is -1.15. The van der Waals surface area contributed by atoms with Crippen LogP contribution in [-0.4, -0.2) is 41.8 Å². The van der Waals surface area contributed by atoms with Crippen molar-refractivity contribution in [1.29, 1.82) is 0 Å². The lowest BCUT2D eigenvalue weighted by Crippen LogP contribution is -2.35. The van der Waals surface area contributed by atoms with Crippen LogP contribution in [0.3, 0.4) is 0 Å². The Kier molecular flexibility index (Phi) is 7.10. The lowest BCUT2D eigenvalue weighted by atomic mass is 10.2. The lowest BCUT2D eigenvalue weighted by molar-refractivity contribution is 0.180. The highest BCUT2D eigenvalue weighted by Crippen LogP contribution is 2.22. The molecule has 1 aromatic rings. The van der Waals surface area contributed by atoms with Crippen molar-refractivity contribution in [2.75, 3.05) is 27.4 Å². The van der Waals surface area contributed by atoms with E-state index in [9.17, 15) is 8.42 Å². The average molecular weight is 316 g/mol. The number of rotatable bonds is 9. The van der Waals surface area contributed by atoms with Crippen molar-refractivity contribution < 1.29 is 17.9 Å². The minimum absolute atomic E-state index is 0.221. The molecule has 0 aliphatic carbocycles. The monoisotopic (exact) mass is 316 g/mol. The van der Waals surface area contributed by atoms with Crippen molar-refractivity contribution in [3.8, 4) is 5.75 Å². The third-order valence-electron chi connectivity index (χ3n) is 2.90. The van der Waals surface area contributed by atoms with Crippen LogP contribution in [0.4, 0.5) is 0 Å². The molecule has 0 aliphatic rings. The molecule has 0 heterocycles. The van der Waals surface area contributed by atoms with E-state index in [0.29, 0.717) is 18.9 Å². The largest absolute Gasteiger partial charge is 0.496 e. The Morgan fingerprint density at radius 3 is 2.57 bits per heavy atom. The standard InChI is InChI=1S/C14H24N2O4S/c1-5-15-9-12-8-13(6-7-14(12)20-4)21(17,18)16-11(2)10-19-3/h6-8,11,15-16H,5,9-10H2,1-4H3. The molecule has 0 aliphatic heterocycles. The molecule has 0 fully saturated rings. The SMILES string of the molecule is CCNCc1cc(S(=O)(=O)NC(C)COC)ccc1OC. The van der Waals surface area contributed by atoms with Crippen molar-refractivity contribution >= 4 is 10.0 Å². The Balaban J connectivity index is 3.01. The normalized spacial score (nSPS) is 13.1. The first-order chi connectivity index (χ1) is 9.94. The molecule has 1 unspecified atom stereocenters. The van der Waals surface area contributed by atoms with E-state index in [0.717, 1.165) is 12.1 Å². The first-order valence-corrected chi connectivity index (χ1v) is 8.31. The van der Waals surface area contributed by atoms with Crippen LogP contribution in [-0.2, 0) is 21.3 Å². The predicted molar refractivity (Wildman–Crippen MR) is 82.0 cm³/mol. The van der Waals surface area contributed by atoms with Gasteiger partial charge in [-0.2, -0.15) is 0 Å². The van der Waals surface area contributed by atoms with Gasteiger partial charge in [0.2, 0.25) is 10.0 Å². The molecule has 1 aromatic carbocycles. The number of methoxy groups -OCH3 is 2. The van der Waals surface area contributed by atoms with E-state index in [2.05, 4.69) is 10.0 Å². The van der Waals surface area contributed by atoms with Gasteiger partial charge in [0.1, 0.15) is 5.75 Å². The lowest BCUT2D eigenvalue weighted by Gasteiger charge is -2.15. The van der Waals surface area contributed by atoms with Gasteiger partial charge in [0.25, 0.3) is 0 Å². The van der Waals surface area contributed by atoms with Crippen LogP contribution < -0.4 is 14.8 Å². The Labute approximate surface area is 126 Å². The summed E-state index contributed by atoms with van der Waals surface area (Å²) in [6.07, 6.45) is 0. The molecule has 0 radical (unpaired) electrons. The minimum atomic E-state index is -3.57. The molecule has 21 heavy (non-hydrogen) atoms. The molecule has 2 N–H and O–H groups in total. The van der Waals surface area contributed by atoms with Crippen molar-refractivity contribution in [1.82, 2.24) is 10.0 Å². The molecule has 0 amide bonds. The van der Waals surface area contributed by atoms with Gasteiger partial charge in [-0.1, -0.05) is 6.92 Å². The van der Waals surface area contributed by atoms with E-state index in [4.69, 9.17) is 9.47 Å². The highest BCUT2D eigenvalue weighted by Gasteiger charge is 2.19. The van der Waals surface area contributed by atoms with E-state index in [-0.39, 0.29) is 10.9 Å². The third-order valence-corrected chi connectivity index (χ3v) is 4.49. The van der Waals surface area contributed by atoms with Crippen molar-refractivity contribution in [2.45, 2.75) is 31.3 Å². The van der Waals surface area contributed by atoms with Gasteiger partial charge < -0.3 is 14.8 Å². The average Bonchev–Trinajstić information content (AvgIpc) is 2.44. The zero-order valence-corrected chi connectivity index (χ0v) is 13.8. The first-order valence-electron chi connectivity index (χ1n) is 6.83. The number of nitrogens with one attached hydrogen (secondary N) is 2. The van der Waals surface area contributed by atoms with Gasteiger partial charge in [0.05, 0.1) is 18.6 Å². The maximum Gasteiger partial charge on any atom is 0.240 e. The number of ether oxygens (including phenoxy) is 2. The highest BCUT2D eigenvalue weighted by atomic mass is 32.2. The molecule has 0 bridgehead atoms. The van der Waals surface area contributed by atoms with E-state index in [1.54, 1.807) is 26.2 Å². The molecule has 1 atom stereocenters. The molecule has 0 aromatic heterocycles. The van der Waals surface area contributed by atoms with Crippen LogP contribution in [0.5, 0.6) is 5.75 Å². The van der Waals surface area contributed by atoms with Gasteiger partial charge in [-0.3, -0.25) is 0 Å². The van der Waals surface area contributed by atoms with E-state index < -0.39 is 10.0 Å². The molecule has 0 spiro atoms. The Morgan fingerprint density at radius 2 is 2.00 bits per heavy atom. The van der Waals surface area contributed by atoms with E-state index >= 15 is 0 Å². The maximum atomic E-state index is 12.3. The fourth-order valence-corrected chi connectivity index (χ4v) is 3.22. The quantitative estimate of drug-likeness (QED) is 0.714. The van der Waals surface area contributed by atoms with Crippen LogP contribution >= 0.6 is 0 Å². The second kappa shape index (κ2) is 8.33. The minimum Gasteiger partial charge on any atom is -0.496 e. The van der Waals surface area contributed by atoms with Crippen LogP contribution in [0.1, 0.15) is 19.4 Å². The summed E-state index contributed by atoms with van der Waals surface area (Å²) in [4.78, 5) is 0.221. The van der Waals surface area contributed by atoms with Gasteiger partial charge in [-0.05, 0) is 31.7 Å².